The van der Waals surface area contributed by atoms with Crippen molar-refractivity contribution in [2.45, 2.75) is 191 Å². The zero-order valence-corrected chi connectivity index (χ0v) is 77.7. The fourth-order valence-corrected chi connectivity index (χ4v) is 17.5. The van der Waals surface area contributed by atoms with Crippen LogP contribution in [0, 0.1) is 27.7 Å². The van der Waals surface area contributed by atoms with Crippen molar-refractivity contribution in [3.63, 3.8) is 0 Å². The first-order chi connectivity index (χ1) is 64.8. The Labute approximate surface area is 782 Å². The Morgan fingerprint density at radius 1 is 0.463 bits per heavy atom. The van der Waals surface area contributed by atoms with E-state index in [4.69, 9.17) is 18.9 Å². The Balaban J connectivity index is 0.737. The van der Waals surface area contributed by atoms with E-state index in [0.29, 0.717) is 67.3 Å². The number of aliphatic carboxylic acids is 3. The van der Waals surface area contributed by atoms with Crippen LogP contribution in [0.5, 0.6) is 11.5 Å². The highest BCUT2D eigenvalue weighted by Gasteiger charge is 2.35. The van der Waals surface area contributed by atoms with Crippen LogP contribution in [0.2, 0.25) is 0 Å². The molecule has 0 saturated heterocycles. The Morgan fingerprint density at radius 3 is 1.31 bits per heavy atom. The van der Waals surface area contributed by atoms with Gasteiger partial charge in [-0.2, -0.15) is 19.6 Å². The summed E-state index contributed by atoms with van der Waals surface area (Å²) in [6, 6.07) is 15.4. The van der Waals surface area contributed by atoms with Gasteiger partial charge in [0.1, 0.15) is 53.9 Å². The quantitative estimate of drug-likeness (QED) is 0.0190. The molecule has 0 aliphatic rings. The Bertz CT molecular complexity index is 5860. The number of sulfonamides is 2. The van der Waals surface area contributed by atoms with Crippen molar-refractivity contribution in [1.82, 2.24) is 96.8 Å². The number of amides is 9. The number of fused-ring (bicyclic) bond motifs is 2. The maximum absolute atomic E-state index is 14.4. The van der Waals surface area contributed by atoms with Crippen molar-refractivity contribution >= 4 is 131 Å². The molecule has 0 aliphatic heterocycles. The molecule has 4 aromatic heterocycles. The van der Waals surface area contributed by atoms with Gasteiger partial charge in [-0.15, -0.1) is 0 Å². The molecule has 1 unspecified atom stereocenters. The zero-order chi connectivity index (χ0) is 98.7. The summed E-state index contributed by atoms with van der Waals surface area (Å²) in [4.78, 5) is 185. The molecule has 0 radical (unpaired) electrons. The van der Waals surface area contributed by atoms with Crippen molar-refractivity contribution in [2.24, 2.45) is 0 Å². The highest BCUT2D eigenvalue weighted by Crippen LogP contribution is 2.29. The molecule has 732 valence electrons. The number of esters is 1. The van der Waals surface area contributed by atoms with Crippen LogP contribution in [-0.2, 0) is 97.2 Å². The van der Waals surface area contributed by atoms with Gasteiger partial charge < -0.3 is 103 Å². The molecule has 136 heavy (non-hydrogen) atoms. The molecule has 18 N–H and O–H groups in total. The normalized spacial score (nSPS) is 12.6. The van der Waals surface area contributed by atoms with E-state index < -0.39 is 185 Å². The molecule has 0 saturated carbocycles. The van der Waals surface area contributed by atoms with E-state index in [1.54, 1.807) is 134 Å². The summed E-state index contributed by atoms with van der Waals surface area (Å²) in [5, 5.41) is 69.2. The number of anilines is 2. The minimum Gasteiger partial charge on any atom is -0.494 e. The number of ether oxygens (including phenoxy) is 4. The summed E-state index contributed by atoms with van der Waals surface area (Å²) in [6.07, 6.45) is 7.29. The number of benzene rings is 5. The fourth-order valence-electron chi connectivity index (χ4n) is 14.2. The van der Waals surface area contributed by atoms with Crippen molar-refractivity contribution in [2.75, 3.05) is 76.2 Å². The van der Waals surface area contributed by atoms with Crippen LogP contribution in [0.4, 0.5) is 16.7 Å². The van der Waals surface area contributed by atoms with Gasteiger partial charge in [0, 0.05) is 144 Å². The summed E-state index contributed by atoms with van der Waals surface area (Å²) in [5.41, 5.74) is 2.30. The van der Waals surface area contributed by atoms with Gasteiger partial charge in [-0.25, -0.2) is 31.6 Å². The maximum atomic E-state index is 14.4. The minimum absolute atomic E-state index is 0.0174. The molecule has 5 atom stereocenters. The number of aromatic nitrogens is 8. The van der Waals surface area contributed by atoms with E-state index >= 15 is 0 Å². The molecule has 0 spiro atoms. The third-order valence-electron chi connectivity index (χ3n) is 20.6. The lowest BCUT2D eigenvalue weighted by atomic mass is 10.1. The smallest absolute Gasteiger partial charge is 0.408 e. The summed E-state index contributed by atoms with van der Waals surface area (Å²) < 4.78 is 85.7. The second kappa shape index (κ2) is 51.0. The number of carbonyl (C=O) groups is 13. The van der Waals surface area contributed by atoms with E-state index in [-0.39, 0.29) is 126 Å². The number of aromatic amines is 2. The van der Waals surface area contributed by atoms with E-state index in [2.05, 4.69) is 98.1 Å². The second-order valence-electron chi connectivity index (χ2n) is 32.7. The molecule has 47 heteroatoms. The highest BCUT2D eigenvalue weighted by molar-refractivity contribution is 7.90. The van der Waals surface area contributed by atoms with Gasteiger partial charge in [0.05, 0.1) is 46.4 Å². The lowest BCUT2D eigenvalue weighted by Gasteiger charge is -2.25. The molecule has 4 heterocycles. The largest absolute Gasteiger partial charge is 0.494 e. The van der Waals surface area contributed by atoms with Crippen LogP contribution in [0.15, 0.2) is 138 Å². The molecule has 9 amide bonds. The number of imidazole rings is 2. The van der Waals surface area contributed by atoms with Gasteiger partial charge in [0.2, 0.25) is 55.5 Å². The zero-order valence-electron chi connectivity index (χ0n) is 76.1. The number of carboxylic acid groups (broad SMARTS) is 3. The third-order valence-corrected chi connectivity index (χ3v) is 24.2. The monoisotopic (exact) mass is 1930 g/mol. The maximum Gasteiger partial charge on any atom is 0.408 e. The molecule has 0 fully saturated rings. The number of nitrogens with zero attached hydrogens (tertiary/aromatic N) is 6. The Morgan fingerprint density at radius 2 is 0.882 bits per heavy atom. The van der Waals surface area contributed by atoms with Crippen LogP contribution in [0.25, 0.3) is 21.8 Å². The lowest BCUT2D eigenvalue weighted by Crippen LogP contribution is -2.57. The predicted octanol–water partition coefficient (Wildman–Crippen LogP) is 3.91. The first-order valence-corrected chi connectivity index (χ1v) is 46.8. The topological polar surface area (TPSA) is 637 Å². The summed E-state index contributed by atoms with van der Waals surface area (Å²) in [7, 11) is -9.07. The minimum atomic E-state index is -4.54. The predicted molar refractivity (Wildman–Crippen MR) is 493 cm³/mol. The van der Waals surface area contributed by atoms with E-state index in [9.17, 15) is 94.5 Å². The number of carboxylic acids is 3. The number of rotatable bonds is 57. The summed E-state index contributed by atoms with van der Waals surface area (Å²) in [6.45, 7) is 10.9. The molecule has 45 nitrogen and oxygen atoms in total. The van der Waals surface area contributed by atoms with Crippen LogP contribution in [-0.4, -0.2) is 250 Å². The van der Waals surface area contributed by atoms with Crippen LogP contribution >= 0.6 is 0 Å². The van der Waals surface area contributed by atoms with Crippen molar-refractivity contribution in [3.8, 4) is 11.5 Å². The Kier molecular flexibility index (Phi) is 39.4. The van der Waals surface area contributed by atoms with Crippen molar-refractivity contribution in [3.05, 3.63) is 167 Å². The standard InChI is InChI=1S/C89H115N21O24S2/c1-54-43-63(44-55(2)77(54)135(127,128)107-68(84(122)123)51-100-79(117)59-19-24-70-61(47-59)49-102-109(70)39-13-29-94-86-96-35-36-97-86)131-41-11-17-72(111)90-31-32-92-74(113)26-21-65(104-82(120)66(22-27-75(114)115)105-83(121)67(23-28-76(116)134-89(5,6)7)106-88(126)133-53-58-15-9-8-10-16-58)81(119)93-34-33-91-73(112)18-12-42-132-64-45-56(3)78(57(4)46-64)136(129,130)108-69(85(124)125)52-101-80(118)60-20-25-71-62(48-60)50-103-110(71)40-14-30-95-87-98-37-38-99-87/h8-10,15-16,19-20,24-25,35-38,43-50,65-69,107-108H,11-14,17-18,21-23,26-34,39-42,51-53H2,1-7H3,(H,90,111)(H,91,112)(H,92,113)(H,93,119)(H,100,117)(H,101,118)(H,104,120)(H,105,121)(H,106,126)(H,114,115)(H,122,123)(H,124,125)(H2,94,96,97)(H2,95,98,99)/t65?,66-,67-,68-,69-/m0/s1. The molecule has 5 aromatic carbocycles. The number of aryl methyl sites for hydroxylation is 6. The third kappa shape index (κ3) is 33.8. The van der Waals surface area contributed by atoms with Gasteiger partial charge in [-0.3, -0.25) is 66.9 Å². The van der Waals surface area contributed by atoms with Gasteiger partial charge >= 0.3 is 30.0 Å². The molecular weight excluding hydrogens is 1810 g/mol. The van der Waals surface area contributed by atoms with E-state index in [1.165, 1.54) is 52.0 Å². The van der Waals surface area contributed by atoms with Crippen LogP contribution < -0.4 is 77.4 Å². The summed E-state index contributed by atoms with van der Waals surface area (Å²) >= 11 is 0. The number of H-pyrrole nitrogens is 2. The van der Waals surface area contributed by atoms with Crippen LogP contribution in [0.3, 0.4) is 0 Å². The van der Waals surface area contributed by atoms with E-state index in [0.717, 1.165) is 11.0 Å². The fraction of sp³-hybridized carbons (Fsp3) is 0.427. The summed E-state index contributed by atoms with van der Waals surface area (Å²) in [5.74, 6) is -9.54. The number of carbonyl (C=O) groups excluding carboxylic acids is 10. The van der Waals surface area contributed by atoms with Gasteiger partial charge in [-0.1, -0.05) is 30.3 Å². The van der Waals surface area contributed by atoms with Crippen molar-refractivity contribution in [1.29, 1.82) is 0 Å². The molecule has 9 rings (SSSR count). The van der Waals surface area contributed by atoms with Crippen LogP contribution in [0.1, 0.15) is 146 Å². The molecular formula is C89H115N21O24S2. The first-order valence-electron chi connectivity index (χ1n) is 43.8. The molecule has 0 bridgehead atoms. The lowest BCUT2D eigenvalue weighted by molar-refractivity contribution is -0.155. The average Bonchev–Trinajstić information content (AvgIpc) is 1.27. The number of nitrogens with one attached hydrogen (secondary N) is 15. The number of alkyl carbamates (subject to hydrolysis) is 1. The van der Waals surface area contributed by atoms with Gasteiger partial charge in [0.15, 0.2) is 11.9 Å². The second-order valence-corrected chi connectivity index (χ2v) is 36.0. The Hall–Kier alpha value is -14.6. The van der Waals surface area contributed by atoms with Gasteiger partial charge in [0.25, 0.3) is 11.8 Å². The molecule has 9 aromatic rings. The SMILES string of the molecule is Cc1cc(OCCCC(=O)NCCNC(=O)CCC(NC(=O)[C@H](CCC(=O)O)NC(=O)[C@H](CCC(=O)OC(C)(C)C)NC(=O)OCc2ccccc2)C(=O)NCCNC(=O)CCCOc2cc(C)c(S(=O)(=O)N[C@@H](CNC(=O)c3ccc4c(cnn4CCCNc4ncc[nH]4)c3)C(=O)O)c(C)c2)cc(C)c1S(=O)(=O)N[C@@H](CNC(=O)c1ccc2c(cnn2CCCNc2ncc[nH]2)c1)C(=O)O. The van der Waals surface area contributed by atoms with Gasteiger partial charge in [-0.05, 0) is 182 Å². The highest BCUT2D eigenvalue weighted by atomic mass is 32.2. The van der Waals surface area contributed by atoms with E-state index in [1.807, 2.05) is 0 Å². The number of hydrogen-bond acceptors (Lipinski definition) is 27. The van der Waals surface area contributed by atoms with Crippen molar-refractivity contribution < 1.29 is 113 Å². The molecule has 0 aliphatic carbocycles. The average molecular weight is 1930 g/mol. The number of hydrogen-bond donors (Lipinski definition) is 18. The first kappa shape index (κ1) is 105.